The van der Waals surface area contributed by atoms with E-state index in [2.05, 4.69) is 14.9 Å². The summed E-state index contributed by atoms with van der Waals surface area (Å²) >= 11 is 0. The van der Waals surface area contributed by atoms with Gasteiger partial charge in [0.15, 0.2) is 11.4 Å². The van der Waals surface area contributed by atoms with Crippen molar-refractivity contribution in [2.75, 3.05) is 24.6 Å². The maximum absolute atomic E-state index is 12.1. The third kappa shape index (κ3) is 2.81. The van der Waals surface area contributed by atoms with Gasteiger partial charge >= 0.3 is 5.97 Å². The number of furan rings is 1. The summed E-state index contributed by atoms with van der Waals surface area (Å²) < 4.78 is 11.3. The number of ether oxygens (including phenoxy) is 1. The maximum atomic E-state index is 12.1. The van der Waals surface area contributed by atoms with Crippen molar-refractivity contribution < 1.29 is 13.9 Å². The Morgan fingerprint density at radius 3 is 3.04 bits per heavy atom. The van der Waals surface area contributed by atoms with Crippen LogP contribution in [0.2, 0.25) is 0 Å². The van der Waals surface area contributed by atoms with E-state index in [4.69, 9.17) is 9.15 Å². The minimum atomic E-state index is -0.126. The SMILES string of the molecule is CCOC(=O)[C@@H]1CCCN(c2nc(C)nc3c2oc2ccccc23)C1. The van der Waals surface area contributed by atoms with Crippen molar-refractivity contribution in [1.29, 1.82) is 0 Å². The second-order valence-electron chi connectivity index (χ2n) is 6.41. The van der Waals surface area contributed by atoms with E-state index in [1.54, 1.807) is 0 Å². The van der Waals surface area contributed by atoms with Crippen LogP contribution in [0.1, 0.15) is 25.6 Å². The van der Waals surface area contributed by atoms with Crippen LogP contribution in [0.15, 0.2) is 28.7 Å². The molecule has 4 rings (SSSR count). The van der Waals surface area contributed by atoms with Crippen LogP contribution >= 0.6 is 0 Å². The molecule has 0 bridgehead atoms. The Kier molecular flexibility index (Phi) is 4.03. The van der Waals surface area contributed by atoms with Gasteiger partial charge in [0.1, 0.15) is 16.9 Å². The van der Waals surface area contributed by atoms with Crippen molar-refractivity contribution in [3.05, 3.63) is 30.1 Å². The van der Waals surface area contributed by atoms with Gasteiger partial charge in [-0.25, -0.2) is 9.97 Å². The lowest BCUT2D eigenvalue weighted by molar-refractivity contribution is -0.148. The molecule has 1 atom stereocenters. The highest BCUT2D eigenvalue weighted by Gasteiger charge is 2.29. The third-order valence-electron chi connectivity index (χ3n) is 4.65. The Hall–Kier alpha value is -2.63. The second kappa shape index (κ2) is 6.35. The minimum absolute atomic E-state index is 0.122. The molecular weight excluding hydrogens is 318 g/mol. The van der Waals surface area contributed by atoms with Crippen molar-refractivity contribution in [2.45, 2.75) is 26.7 Å². The van der Waals surface area contributed by atoms with Crippen LogP contribution in [-0.2, 0) is 9.53 Å². The van der Waals surface area contributed by atoms with Crippen LogP contribution in [0.25, 0.3) is 22.1 Å². The van der Waals surface area contributed by atoms with Gasteiger partial charge in [0, 0.05) is 18.5 Å². The van der Waals surface area contributed by atoms with Crippen molar-refractivity contribution in [3.63, 3.8) is 0 Å². The molecule has 0 spiro atoms. The Morgan fingerprint density at radius 1 is 1.36 bits per heavy atom. The molecule has 0 saturated carbocycles. The van der Waals surface area contributed by atoms with E-state index in [1.165, 1.54) is 0 Å². The molecule has 2 aromatic heterocycles. The summed E-state index contributed by atoms with van der Waals surface area (Å²) in [5, 5.41) is 0.989. The van der Waals surface area contributed by atoms with Crippen LogP contribution in [0.4, 0.5) is 5.82 Å². The zero-order valence-electron chi connectivity index (χ0n) is 14.5. The number of aryl methyl sites for hydroxylation is 1. The van der Waals surface area contributed by atoms with Crippen molar-refractivity contribution in [2.24, 2.45) is 5.92 Å². The quantitative estimate of drug-likeness (QED) is 0.681. The van der Waals surface area contributed by atoms with Gasteiger partial charge < -0.3 is 14.1 Å². The first kappa shape index (κ1) is 15.9. The van der Waals surface area contributed by atoms with Gasteiger partial charge in [0.2, 0.25) is 0 Å². The smallest absolute Gasteiger partial charge is 0.310 e. The molecule has 6 heteroatoms. The minimum Gasteiger partial charge on any atom is -0.466 e. The van der Waals surface area contributed by atoms with E-state index < -0.39 is 0 Å². The van der Waals surface area contributed by atoms with Crippen LogP contribution in [0.5, 0.6) is 0 Å². The van der Waals surface area contributed by atoms with Gasteiger partial charge in [-0.1, -0.05) is 12.1 Å². The largest absolute Gasteiger partial charge is 0.466 e. The molecule has 0 unspecified atom stereocenters. The number of carbonyl (C=O) groups excluding carboxylic acids is 1. The van der Waals surface area contributed by atoms with Gasteiger partial charge in [0.25, 0.3) is 0 Å². The van der Waals surface area contributed by atoms with E-state index in [-0.39, 0.29) is 11.9 Å². The number of fused-ring (bicyclic) bond motifs is 3. The first-order valence-corrected chi connectivity index (χ1v) is 8.75. The fourth-order valence-electron chi connectivity index (χ4n) is 3.52. The summed E-state index contributed by atoms with van der Waals surface area (Å²) in [6.07, 6.45) is 1.77. The molecule has 3 heterocycles. The summed E-state index contributed by atoms with van der Waals surface area (Å²) in [5.41, 5.74) is 2.32. The molecule has 0 aliphatic carbocycles. The molecular formula is C19H21N3O3. The summed E-state index contributed by atoms with van der Waals surface area (Å²) in [4.78, 5) is 23.5. The van der Waals surface area contributed by atoms with E-state index in [0.717, 1.165) is 41.7 Å². The summed E-state index contributed by atoms with van der Waals surface area (Å²) in [5.74, 6) is 1.22. The van der Waals surface area contributed by atoms with E-state index in [0.29, 0.717) is 24.6 Å². The van der Waals surface area contributed by atoms with Crippen molar-refractivity contribution >= 4 is 33.9 Å². The summed E-state index contributed by atoms with van der Waals surface area (Å²) in [6, 6.07) is 7.87. The Bertz CT molecular complexity index is 934. The first-order chi connectivity index (χ1) is 12.2. The van der Waals surface area contributed by atoms with Gasteiger partial charge in [0.05, 0.1) is 12.5 Å². The zero-order chi connectivity index (χ0) is 17.4. The lowest BCUT2D eigenvalue weighted by Crippen LogP contribution is -2.40. The topological polar surface area (TPSA) is 68.5 Å². The highest BCUT2D eigenvalue weighted by atomic mass is 16.5. The Balaban J connectivity index is 1.76. The molecule has 130 valence electrons. The summed E-state index contributed by atoms with van der Waals surface area (Å²) in [7, 11) is 0. The maximum Gasteiger partial charge on any atom is 0.310 e. The Labute approximate surface area is 145 Å². The van der Waals surface area contributed by atoms with Crippen LogP contribution in [-0.4, -0.2) is 35.6 Å². The predicted octanol–water partition coefficient (Wildman–Crippen LogP) is 3.46. The fraction of sp³-hybridized carbons (Fsp3) is 0.421. The van der Waals surface area contributed by atoms with Gasteiger partial charge in [-0.15, -0.1) is 0 Å². The molecule has 25 heavy (non-hydrogen) atoms. The highest BCUT2D eigenvalue weighted by molar-refractivity contribution is 6.05. The van der Waals surface area contributed by atoms with E-state index >= 15 is 0 Å². The fourth-order valence-corrected chi connectivity index (χ4v) is 3.52. The third-order valence-corrected chi connectivity index (χ3v) is 4.65. The number of hydrogen-bond acceptors (Lipinski definition) is 6. The van der Waals surface area contributed by atoms with E-state index in [1.807, 2.05) is 38.1 Å². The summed E-state index contributed by atoms with van der Waals surface area (Å²) in [6.45, 7) is 5.58. The highest BCUT2D eigenvalue weighted by Crippen LogP contribution is 2.34. The average Bonchev–Trinajstić information content (AvgIpc) is 3.00. The monoisotopic (exact) mass is 339 g/mol. The first-order valence-electron chi connectivity index (χ1n) is 8.75. The van der Waals surface area contributed by atoms with Crippen molar-refractivity contribution in [3.8, 4) is 0 Å². The molecule has 0 radical (unpaired) electrons. The number of esters is 1. The number of para-hydroxylation sites is 1. The predicted molar refractivity (Wildman–Crippen MR) is 95.6 cm³/mol. The average molecular weight is 339 g/mol. The molecule has 1 aliphatic rings. The molecule has 1 fully saturated rings. The lowest BCUT2D eigenvalue weighted by Gasteiger charge is -2.32. The van der Waals surface area contributed by atoms with Crippen LogP contribution in [0.3, 0.4) is 0 Å². The van der Waals surface area contributed by atoms with Gasteiger partial charge in [-0.3, -0.25) is 4.79 Å². The van der Waals surface area contributed by atoms with Crippen LogP contribution < -0.4 is 4.90 Å². The molecule has 0 amide bonds. The number of hydrogen-bond donors (Lipinski definition) is 0. The number of benzene rings is 1. The molecule has 6 nitrogen and oxygen atoms in total. The number of piperidine rings is 1. The van der Waals surface area contributed by atoms with Gasteiger partial charge in [-0.2, -0.15) is 0 Å². The molecule has 3 aromatic rings. The van der Waals surface area contributed by atoms with Crippen molar-refractivity contribution in [1.82, 2.24) is 9.97 Å². The lowest BCUT2D eigenvalue weighted by atomic mass is 9.98. The second-order valence-corrected chi connectivity index (χ2v) is 6.41. The van der Waals surface area contributed by atoms with Gasteiger partial charge in [-0.05, 0) is 38.8 Å². The number of aromatic nitrogens is 2. The molecule has 1 aromatic carbocycles. The number of rotatable bonds is 3. The number of carbonyl (C=O) groups is 1. The van der Waals surface area contributed by atoms with E-state index in [9.17, 15) is 4.79 Å². The number of nitrogens with zero attached hydrogens (tertiary/aromatic N) is 3. The Morgan fingerprint density at radius 2 is 2.20 bits per heavy atom. The normalized spacial score (nSPS) is 18.0. The number of anilines is 1. The molecule has 0 N–H and O–H groups in total. The standard InChI is InChI=1S/C19H21N3O3/c1-3-24-19(23)13-7-6-10-22(11-13)18-17-16(20-12(2)21-18)14-8-4-5-9-15(14)25-17/h4-5,8-9,13H,3,6-7,10-11H2,1-2H3/t13-/m1/s1. The molecule has 1 aliphatic heterocycles. The van der Waals surface area contributed by atoms with Crippen LogP contribution in [0, 0.1) is 12.8 Å². The zero-order valence-corrected chi connectivity index (χ0v) is 14.5. The molecule has 1 saturated heterocycles.